The first-order valence-electron chi connectivity index (χ1n) is 7.33. The normalized spacial score (nSPS) is 13.4. The van der Waals surface area contributed by atoms with E-state index in [4.69, 9.17) is 12.2 Å². The molecule has 2 aromatic rings. The van der Waals surface area contributed by atoms with Crippen LogP contribution in [-0.2, 0) is 6.54 Å². The molecule has 3 rings (SSSR count). The highest BCUT2D eigenvalue weighted by molar-refractivity contribution is 7.80. The van der Waals surface area contributed by atoms with Crippen LogP contribution >= 0.6 is 12.2 Å². The molecular weight excluding hydrogens is 292 g/mol. The number of thiocarbonyl (C=S) groups is 1. The van der Waals surface area contributed by atoms with Gasteiger partial charge < -0.3 is 16.1 Å². The average Bonchev–Trinajstić information content (AvgIpc) is 2.91. The molecule has 0 spiro atoms. The Morgan fingerprint density at radius 2 is 2.05 bits per heavy atom. The predicted molar refractivity (Wildman–Crippen MR) is 95.7 cm³/mol. The molecule has 1 aliphatic heterocycles. The average molecular weight is 312 g/mol. The minimum Gasteiger partial charge on any atom is -0.348 e. The molecular formula is C17H20N4S. The molecule has 22 heavy (non-hydrogen) atoms. The van der Waals surface area contributed by atoms with E-state index in [1.807, 2.05) is 6.07 Å². The van der Waals surface area contributed by atoms with Crippen LogP contribution in [0.3, 0.4) is 0 Å². The summed E-state index contributed by atoms with van der Waals surface area (Å²) < 4.78 is 0. The molecule has 0 saturated carbocycles. The number of anilines is 2. The maximum atomic E-state index is 5.37. The van der Waals surface area contributed by atoms with Crippen molar-refractivity contribution in [3.05, 3.63) is 59.2 Å². The van der Waals surface area contributed by atoms with E-state index in [0.29, 0.717) is 11.8 Å². The van der Waals surface area contributed by atoms with Gasteiger partial charge in [0.15, 0.2) is 5.11 Å². The Morgan fingerprint density at radius 1 is 1.23 bits per heavy atom. The van der Waals surface area contributed by atoms with Crippen molar-refractivity contribution in [2.45, 2.75) is 20.4 Å². The third kappa shape index (κ3) is 3.37. The second-order valence-corrected chi connectivity index (χ2v) is 5.98. The van der Waals surface area contributed by atoms with Crippen LogP contribution in [0.5, 0.6) is 0 Å². The Kier molecular flexibility index (Phi) is 4.27. The van der Waals surface area contributed by atoms with Crippen molar-refractivity contribution in [2.75, 3.05) is 17.4 Å². The van der Waals surface area contributed by atoms with E-state index >= 15 is 0 Å². The second-order valence-electron chi connectivity index (χ2n) is 5.57. The first-order valence-corrected chi connectivity index (χ1v) is 7.74. The number of rotatable bonds is 3. The van der Waals surface area contributed by atoms with Crippen LogP contribution in [0.1, 0.15) is 16.7 Å². The Bertz CT molecular complexity index is 674. The smallest absolute Gasteiger partial charge is 0.171 e. The van der Waals surface area contributed by atoms with Gasteiger partial charge in [-0.3, -0.25) is 0 Å². The molecule has 1 heterocycles. The molecule has 0 amide bonds. The van der Waals surface area contributed by atoms with Crippen molar-refractivity contribution in [2.24, 2.45) is 0 Å². The Balaban J connectivity index is 1.51. The first kappa shape index (κ1) is 14.8. The largest absolute Gasteiger partial charge is 0.348 e. The third-order valence-corrected chi connectivity index (χ3v) is 3.96. The minimum absolute atomic E-state index is 0.629. The van der Waals surface area contributed by atoms with Crippen LogP contribution < -0.4 is 16.1 Å². The van der Waals surface area contributed by atoms with E-state index in [9.17, 15) is 0 Å². The summed E-state index contributed by atoms with van der Waals surface area (Å²) in [6, 6.07) is 14.6. The Hall–Kier alpha value is -2.11. The lowest BCUT2D eigenvalue weighted by Gasteiger charge is -2.19. The van der Waals surface area contributed by atoms with Crippen LogP contribution in [0.25, 0.3) is 0 Å². The highest BCUT2D eigenvalue weighted by Crippen LogP contribution is 2.23. The summed E-state index contributed by atoms with van der Waals surface area (Å²) in [5.41, 5.74) is 9.31. The summed E-state index contributed by atoms with van der Waals surface area (Å²) in [5.74, 6) is 0. The zero-order valence-corrected chi connectivity index (χ0v) is 13.6. The number of para-hydroxylation sites is 1. The number of hydrogen-bond acceptors (Lipinski definition) is 3. The fourth-order valence-electron chi connectivity index (χ4n) is 2.57. The van der Waals surface area contributed by atoms with E-state index in [1.165, 1.54) is 16.7 Å². The van der Waals surface area contributed by atoms with Crippen molar-refractivity contribution < 1.29 is 0 Å². The summed E-state index contributed by atoms with van der Waals surface area (Å²) in [6.07, 6.45) is 0. The minimum atomic E-state index is 0.629. The van der Waals surface area contributed by atoms with Crippen LogP contribution in [0.4, 0.5) is 11.4 Å². The van der Waals surface area contributed by atoms with Gasteiger partial charge in [-0.2, -0.15) is 5.01 Å². The lowest BCUT2D eigenvalue weighted by molar-refractivity contribution is 0.337. The van der Waals surface area contributed by atoms with Gasteiger partial charge >= 0.3 is 0 Å². The molecule has 0 unspecified atom stereocenters. The van der Waals surface area contributed by atoms with Gasteiger partial charge in [0.1, 0.15) is 0 Å². The SMILES string of the molecule is Cc1ccc(NC(=S)NCN2Cc3ccccc3N2)c(C)c1. The number of aryl methyl sites for hydroxylation is 2. The summed E-state index contributed by atoms with van der Waals surface area (Å²) in [5, 5.41) is 9.21. The van der Waals surface area contributed by atoms with Crippen molar-refractivity contribution in [1.82, 2.24) is 10.3 Å². The molecule has 0 aliphatic carbocycles. The highest BCUT2D eigenvalue weighted by atomic mass is 32.1. The van der Waals surface area contributed by atoms with Gasteiger partial charge in [-0.1, -0.05) is 35.9 Å². The number of fused-ring (bicyclic) bond motifs is 1. The van der Waals surface area contributed by atoms with Crippen molar-refractivity contribution in [1.29, 1.82) is 0 Å². The maximum absolute atomic E-state index is 5.37. The fraction of sp³-hybridized carbons (Fsp3) is 0.235. The summed E-state index contributed by atoms with van der Waals surface area (Å²) >= 11 is 5.37. The molecule has 5 heteroatoms. The third-order valence-electron chi connectivity index (χ3n) is 3.72. The molecule has 0 bridgehead atoms. The van der Waals surface area contributed by atoms with E-state index in [0.717, 1.165) is 17.9 Å². The molecule has 0 atom stereocenters. The Labute approximate surface area is 136 Å². The monoisotopic (exact) mass is 312 g/mol. The Morgan fingerprint density at radius 3 is 2.82 bits per heavy atom. The van der Waals surface area contributed by atoms with Crippen LogP contribution in [0, 0.1) is 13.8 Å². The van der Waals surface area contributed by atoms with Crippen LogP contribution in [-0.4, -0.2) is 16.8 Å². The second kappa shape index (κ2) is 6.34. The first-order chi connectivity index (χ1) is 10.6. The molecule has 2 aromatic carbocycles. The van der Waals surface area contributed by atoms with Gasteiger partial charge in [0.25, 0.3) is 0 Å². The standard InChI is InChI=1S/C17H20N4S/c1-12-7-8-15(13(2)9-12)19-17(22)18-11-21-10-14-5-3-4-6-16(14)20-21/h3-9,20H,10-11H2,1-2H3,(H2,18,19,22). The number of benzene rings is 2. The molecule has 4 nitrogen and oxygen atoms in total. The molecule has 1 aliphatic rings. The quantitative estimate of drug-likeness (QED) is 0.758. The summed E-state index contributed by atoms with van der Waals surface area (Å²) in [4.78, 5) is 0. The molecule has 0 saturated heterocycles. The van der Waals surface area contributed by atoms with Gasteiger partial charge in [0.05, 0.1) is 12.4 Å². The van der Waals surface area contributed by atoms with Crippen molar-refractivity contribution in [3.63, 3.8) is 0 Å². The van der Waals surface area contributed by atoms with E-state index < -0.39 is 0 Å². The van der Waals surface area contributed by atoms with E-state index in [-0.39, 0.29) is 0 Å². The summed E-state index contributed by atoms with van der Waals surface area (Å²) in [7, 11) is 0. The molecule has 0 radical (unpaired) electrons. The van der Waals surface area contributed by atoms with Gasteiger partial charge in [-0.15, -0.1) is 0 Å². The highest BCUT2D eigenvalue weighted by Gasteiger charge is 2.17. The number of hydrogen-bond donors (Lipinski definition) is 3. The zero-order chi connectivity index (χ0) is 15.5. The van der Waals surface area contributed by atoms with Gasteiger partial charge in [0, 0.05) is 12.2 Å². The summed E-state index contributed by atoms with van der Waals surface area (Å²) in [6.45, 7) is 5.68. The predicted octanol–water partition coefficient (Wildman–Crippen LogP) is 3.39. The lowest BCUT2D eigenvalue weighted by Crippen LogP contribution is -2.39. The number of nitrogens with zero attached hydrogens (tertiary/aromatic N) is 1. The lowest BCUT2D eigenvalue weighted by atomic mass is 10.1. The maximum Gasteiger partial charge on any atom is 0.171 e. The van der Waals surface area contributed by atoms with Gasteiger partial charge in [0.2, 0.25) is 0 Å². The molecule has 114 valence electrons. The zero-order valence-electron chi connectivity index (χ0n) is 12.8. The van der Waals surface area contributed by atoms with Gasteiger partial charge in [-0.25, -0.2) is 0 Å². The van der Waals surface area contributed by atoms with E-state index in [2.05, 4.69) is 71.3 Å². The molecule has 0 fully saturated rings. The molecule has 3 N–H and O–H groups in total. The van der Waals surface area contributed by atoms with Crippen LogP contribution in [0.2, 0.25) is 0 Å². The van der Waals surface area contributed by atoms with Crippen molar-refractivity contribution in [3.8, 4) is 0 Å². The topological polar surface area (TPSA) is 39.3 Å². The molecule has 0 aromatic heterocycles. The van der Waals surface area contributed by atoms with Gasteiger partial charge in [-0.05, 0) is 49.3 Å². The number of hydrazine groups is 1. The van der Waals surface area contributed by atoms with Crippen molar-refractivity contribution >= 4 is 28.7 Å². The number of nitrogens with one attached hydrogen (secondary N) is 3. The van der Waals surface area contributed by atoms with E-state index in [1.54, 1.807) is 0 Å². The fourth-order valence-corrected chi connectivity index (χ4v) is 2.74. The van der Waals surface area contributed by atoms with Crippen LogP contribution in [0.15, 0.2) is 42.5 Å².